The van der Waals surface area contributed by atoms with E-state index < -0.39 is 5.41 Å². The number of aliphatic hydroxyl groups is 2. The highest BCUT2D eigenvalue weighted by molar-refractivity contribution is 5.40. The van der Waals surface area contributed by atoms with E-state index in [-0.39, 0.29) is 19.1 Å². The zero-order valence-electron chi connectivity index (χ0n) is 16.1. The molecule has 2 nitrogen and oxygen atoms in total. The molecule has 2 aromatic carbocycles. The van der Waals surface area contributed by atoms with Crippen LogP contribution in [-0.2, 0) is 5.41 Å². The molecule has 0 saturated carbocycles. The summed E-state index contributed by atoms with van der Waals surface area (Å²) in [5.74, 6) is 0.00322. The normalized spacial score (nSPS) is 12.9. The fourth-order valence-electron chi connectivity index (χ4n) is 4.09. The highest BCUT2D eigenvalue weighted by atomic mass is 16.3. The molecular formula is C24H34O2. The van der Waals surface area contributed by atoms with Crippen molar-refractivity contribution in [2.45, 2.75) is 57.3 Å². The lowest BCUT2D eigenvalue weighted by molar-refractivity contribution is 0.105. The first-order chi connectivity index (χ1) is 12.8. The van der Waals surface area contributed by atoms with E-state index >= 15 is 0 Å². The first kappa shape index (κ1) is 20.7. The standard InChI is InChI=1S/C24H34O2/c1-2-3-4-5-6-9-18-23(19-25)24(20-26,21-14-10-7-11-15-21)22-16-12-8-13-17-22/h7-8,10-17,23,25-26H,2-6,9,18-20H2,1H3. The molecule has 0 aromatic heterocycles. The molecule has 2 rings (SSSR count). The molecule has 0 saturated heterocycles. The Morgan fingerprint density at radius 1 is 0.731 bits per heavy atom. The number of benzene rings is 2. The number of hydrogen-bond donors (Lipinski definition) is 2. The molecule has 0 heterocycles. The molecule has 0 radical (unpaired) electrons. The van der Waals surface area contributed by atoms with Crippen LogP contribution in [0.4, 0.5) is 0 Å². The Labute approximate surface area is 158 Å². The van der Waals surface area contributed by atoms with Crippen LogP contribution in [0.15, 0.2) is 60.7 Å². The topological polar surface area (TPSA) is 40.5 Å². The molecule has 0 aliphatic carbocycles. The van der Waals surface area contributed by atoms with E-state index in [2.05, 4.69) is 31.2 Å². The van der Waals surface area contributed by atoms with E-state index in [1.807, 2.05) is 36.4 Å². The quantitative estimate of drug-likeness (QED) is 0.506. The summed E-state index contributed by atoms with van der Waals surface area (Å²) < 4.78 is 0. The van der Waals surface area contributed by atoms with E-state index in [1.165, 1.54) is 32.1 Å². The van der Waals surface area contributed by atoms with E-state index in [0.29, 0.717) is 0 Å². The minimum atomic E-state index is -0.555. The van der Waals surface area contributed by atoms with Crippen LogP contribution < -0.4 is 0 Å². The SMILES string of the molecule is CCCCCCCCC(CO)C(CO)(c1ccccc1)c1ccccc1. The minimum Gasteiger partial charge on any atom is -0.396 e. The van der Waals surface area contributed by atoms with Crippen LogP contribution in [0.2, 0.25) is 0 Å². The number of hydrogen-bond acceptors (Lipinski definition) is 2. The van der Waals surface area contributed by atoms with Gasteiger partial charge in [-0.05, 0) is 23.5 Å². The van der Waals surface area contributed by atoms with Gasteiger partial charge in [0.1, 0.15) is 0 Å². The van der Waals surface area contributed by atoms with Crippen molar-refractivity contribution < 1.29 is 10.2 Å². The lowest BCUT2D eigenvalue weighted by Crippen LogP contribution is -2.42. The Bertz CT molecular complexity index is 555. The van der Waals surface area contributed by atoms with Crippen molar-refractivity contribution in [1.82, 2.24) is 0 Å². The Balaban J connectivity index is 2.24. The maximum absolute atomic E-state index is 10.5. The van der Waals surface area contributed by atoms with Gasteiger partial charge in [-0.25, -0.2) is 0 Å². The van der Waals surface area contributed by atoms with E-state index in [9.17, 15) is 10.2 Å². The molecule has 2 aromatic rings. The Kier molecular flexibility index (Phi) is 8.87. The molecule has 26 heavy (non-hydrogen) atoms. The zero-order chi connectivity index (χ0) is 18.7. The Morgan fingerprint density at radius 3 is 1.69 bits per heavy atom. The molecule has 0 aliphatic rings. The molecule has 0 bridgehead atoms. The predicted octanol–water partition coefficient (Wildman–Crippen LogP) is 5.32. The molecule has 2 heteroatoms. The van der Waals surface area contributed by atoms with Crippen molar-refractivity contribution in [3.8, 4) is 0 Å². The molecule has 0 fully saturated rings. The maximum atomic E-state index is 10.5. The predicted molar refractivity (Wildman–Crippen MR) is 109 cm³/mol. The van der Waals surface area contributed by atoms with Crippen molar-refractivity contribution in [2.75, 3.05) is 13.2 Å². The van der Waals surface area contributed by atoms with Crippen molar-refractivity contribution in [3.05, 3.63) is 71.8 Å². The van der Waals surface area contributed by atoms with Crippen LogP contribution in [0.3, 0.4) is 0 Å². The third-order valence-electron chi connectivity index (χ3n) is 5.65. The van der Waals surface area contributed by atoms with E-state index in [0.717, 1.165) is 24.0 Å². The first-order valence-corrected chi connectivity index (χ1v) is 10.1. The van der Waals surface area contributed by atoms with Crippen molar-refractivity contribution in [2.24, 2.45) is 5.92 Å². The Morgan fingerprint density at radius 2 is 1.23 bits per heavy atom. The monoisotopic (exact) mass is 354 g/mol. The number of rotatable bonds is 12. The summed E-state index contributed by atoms with van der Waals surface area (Å²) in [5, 5.41) is 20.8. The zero-order valence-corrected chi connectivity index (χ0v) is 16.1. The summed E-state index contributed by atoms with van der Waals surface area (Å²) >= 11 is 0. The summed E-state index contributed by atoms with van der Waals surface area (Å²) in [6.07, 6.45) is 8.33. The average Bonchev–Trinajstić information content (AvgIpc) is 2.71. The smallest absolute Gasteiger partial charge is 0.0572 e. The van der Waals surface area contributed by atoms with Gasteiger partial charge in [0.25, 0.3) is 0 Å². The second-order valence-electron chi connectivity index (χ2n) is 7.30. The van der Waals surface area contributed by atoms with E-state index in [4.69, 9.17) is 0 Å². The molecule has 1 atom stereocenters. The first-order valence-electron chi connectivity index (χ1n) is 10.1. The van der Waals surface area contributed by atoms with Crippen LogP contribution >= 0.6 is 0 Å². The van der Waals surface area contributed by atoms with Gasteiger partial charge in [0.15, 0.2) is 0 Å². The van der Waals surface area contributed by atoms with Gasteiger partial charge in [-0.3, -0.25) is 0 Å². The van der Waals surface area contributed by atoms with Gasteiger partial charge in [-0.15, -0.1) is 0 Å². The minimum absolute atomic E-state index is 0.00207. The van der Waals surface area contributed by atoms with Crippen molar-refractivity contribution >= 4 is 0 Å². The largest absolute Gasteiger partial charge is 0.396 e. The second-order valence-corrected chi connectivity index (χ2v) is 7.30. The van der Waals surface area contributed by atoms with Gasteiger partial charge in [0.05, 0.1) is 6.61 Å². The molecule has 1 unspecified atom stereocenters. The molecule has 0 aliphatic heterocycles. The molecule has 0 amide bonds. The third kappa shape index (κ3) is 4.96. The van der Waals surface area contributed by atoms with Gasteiger partial charge < -0.3 is 10.2 Å². The third-order valence-corrected chi connectivity index (χ3v) is 5.65. The van der Waals surface area contributed by atoms with Gasteiger partial charge in [-0.1, -0.05) is 106 Å². The Hall–Kier alpha value is -1.64. The van der Waals surface area contributed by atoms with Crippen molar-refractivity contribution in [3.63, 3.8) is 0 Å². The van der Waals surface area contributed by atoms with Crippen molar-refractivity contribution in [1.29, 1.82) is 0 Å². The second kappa shape index (κ2) is 11.2. The van der Waals surface area contributed by atoms with Crippen LogP contribution in [0.1, 0.15) is 63.0 Å². The van der Waals surface area contributed by atoms with Gasteiger partial charge in [0, 0.05) is 12.0 Å². The number of aliphatic hydroxyl groups excluding tert-OH is 2. The van der Waals surface area contributed by atoms with Crippen LogP contribution in [0.5, 0.6) is 0 Å². The lowest BCUT2D eigenvalue weighted by atomic mass is 9.65. The summed E-state index contributed by atoms with van der Waals surface area (Å²) in [6, 6.07) is 20.4. The van der Waals surface area contributed by atoms with Gasteiger partial charge >= 0.3 is 0 Å². The van der Waals surface area contributed by atoms with Crippen LogP contribution in [0.25, 0.3) is 0 Å². The summed E-state index contributed by atoms with van der Waals surface area (Å²) in [4.78, 5) is 0. The molecular weight excluding hydrogens is 320 g/mol. The van der Waals surface area contributed by atoms with Gasteiger partial charge in [0.2, 0.25) is 0 Å². The lowest BCUT2D eigenvalue weighted by Gasteiger charge is -2.40. The molecule has 2 N–H and O–H groups in total. The fraction of sp³-hybridized carbons (Fsp3) is 0.500. The summed E-state index contributed by atoms with van der Waals surface area (Å²) in [6.45, 7) is 2.32. The fourth-order valence-corrected chi connectivity index (χ4v) is 4.09. The molecule has 142 valence electrons. The maximum Gasteiger partial charge on any atom is 0.0572 e. The average molecular weight is 355 g/mol. The van der Waals surface area contributed by atoms with Crippen LogP contribution in [-0.4, -0.2) is 23.4 Å². The summed E-state index contributed by atoms with van der Waals surface area (Å²) in [5.41, 5.74) is 1.61. The van der Waals surface area contributed by atoms with Crippen LogP contribution in [0, 0.1) is 5.92 Å². The van der Waals surface area contributed by atoms with Gasteiger partial charge in [-0.2, -0.15) is 0 Å². The molecule has 0 spiro atoms. The number of unbranched alkanes of at least 4 members (excludes halogenated alkanes) is 5. The highest BCUT2D eigenvalue weighted by Gasteiger charge is 2.40. The highest BCUT2D eigenvalue weighted by Crippen LogP contribution is 2.41. The summed E-state index contributed by atoms with van der Waals surface area (Å²) in [7, 11) is 0. The van der Waals surface area contributed by atoms with E-state index in [1.54, 1.807) is 0 Å².